The highest BCUT2D eigenvalue weighted by Gasteiger charge is 2.17. The van der Waals surface area contributed by atoms with E-state index in [2.05, 4.69) is 13.2 Å². The summed E-state index contributed by atoms with van der Waals surface area (Å²) in [5, 5.41) is 0. The first-order valence-corrected chi connectivity index (χ1v) is 9.57. The lowest BCUT2D eigenvalue weighted by atomic mass is 10.0. The van der Waals surface area contributed by atoms with Crippen LogP contribution in [-0.4, -0.2) is 24.8 Å². The number of hydrogen-bond donors (Lipinski definition) is 0. The summed E-state index contributed by atoms with van der Waals surface area (Å²) in [4.78, 5) is 22.8. The number of carbonyl (C=O) groups is 2. The topological polar surface area (TPSA) is 61.8 Å². The summed E-state index contributed by atoms with van der Waals surface area (Å²) in [5.74, 6) is -0.323. The lowest BCUT2D eigenvalue weighted by molar-refractivity contribution is -0.158. The second kappa shape index (κ2) is 12.2. The van der Waals surface area contributed by atoms with Gasteiger partial charge in [-0.3, -0.25) is 0 Å². The minimum absolute atomic E-state index is 0.333. The van der Waals surface area contributed by atoms with Gasteiger partial charge in [0, 0.05) is 24.1 Å². The highest BCUT2D eigenvalue weighted by atomic mass is 16.7. The summed E-state index contributed by atoms with van der Waals surface area (Å²) in [6.45, 7) is 7.13. The van der Waals surface area contributed by atoms with Gasteiger partial charge in [0.15, 0.2) is 0 Å². The molecule has 0 aliphatic carbocycles. The van der Waals surface area contributed by atoms with E-state index >= 15 is 0 Å². The lowest BCUT2D eigenvalue weighted by Gasteiger charge is -2.20. The van der Waals surface area contributed by atoms with Gasteiger partial charge in [-0.15, -0.1) is 0 Å². The van der Waals surface area contributed by atoms with Crippen molar-refractivity contribution in [2.24, 2.45) is 0 Å². The molecule has 0 fully saturated rings. The van der Waals surface area contributed by atoms with E-state index in [-0.39, 0.29) is 0 Å². The molecule has 2 aromatic rings. The number of esters is 2. The van der Waals surface area contributed by atoms with E-state index in [4.69, 9.17) is 14.2 Å². The molecule has 5 heteroatoms. The second-order valence-corrected chi connectivity index (χ2v) is 6.27. The van der Waals surface area contributed by atoms with E-state index in [1.165, 1.54) is 0 Å². The molecule has 0 bridgehead atoms. The Labute approximate surface area is 171 Å². The molecule has 0 aromatic heterocycles. The Hall–Kier alpha value is -3.34. The molecule has 1 unspecified atom stereocenters. The molecule has 5 nitrogen and oxygen atoms in total. The zero-order chi connectivity index (χ0) is 20.9. The number of hydrogen-bond acceptors (Lipinski definition) is 5. The molecule has 2 aromatic carbocycles. The van der Waals surface area contributed by atoms with Crippen molar-refractivity contribution in [3.63, 3.8) is 0 Å². The van der Waals surface area contributed by atoms with Gasteiger partial charge in [0.25, 0.3) is 0 Å². The standard InChI is InChI=1S/C24H26O5/c1-3-22(25)27-18-12-6-9-17-24(29-23(26)4-2)28-21-16-11-10-15-20(21)19-13-7-5-8-14-19/h3-5,7-8,10-11,13-16,24H,1-2,6,9,12,17-18H2. The van der Waals surface area contributed by atoms with E-state index in [1.54, 1.807) is 0 Å². The third-order valence-electron chi connectivity index (χ3n) is 4.14. The molecule has 0 spiro atoms. The predicted octanol–water partition coefficient (Wildman–Crippen LogP) is 5.08. The van der Waals surface area contributed by atoms with Crippen molar-refractivity contribution in [3.05, 3.63) is 79.9 Å². The molecule has 0 aliphatic rings. The maximum atomic E-state index is 11.7. The summed E-state index contributed by atoms with van der Waals surface area (Å²) >= 11 is 0. The van der Waals surface area contributed by atoms with Crippen LogP contribution in [-0.2, 0) is 19.1 Å². The van der Waals surface area contributed by atoms with Crippen LogP contribution in [0.1, 0.15) is 25.7 Å². The summed E-state index contributed by atoms with van der Waals surface area (Å²) in [6, 6.07) is 17.5. The molecule has 0 N–H and O–H groups in total. The fourth-order valence-corrected chi connectivity index (χ4v) is 2.71. The third-order valence-corrected chi connectivity index (χ3v) is 4.14. The zero-order valence-corrected chi connectivity index (χ0v) is 16.4. The van der Waals surface area contributed by atoms with Gasteiger partial charge in [0.05, 0.1) is 6.61 Å². The largest absolute Gasteiger partial charge is 0.463 e. The number of ether oxygens (including phenoxy) is 3. The summed E-state index contributed by atoms with van der Waals surface area (Å²) in [6.07, 6.45) is 4.29. The highest BCUT2D eigenvalue weighted by Crippen LogP contribution is 2.31. The van der Waals surface area contributed by atoms with Crippen LogP contribution >= 0.6 is 0 Å². The van der Waals surface area contributed by atoms with E-state index < -0.39 is 18.2 Å². The first kappa shape index (κ1) is 22.0. The highest BCUT2D eigenvalue weighted by molar-refractivity contribution is 5.81. The Bertz CT molecular complexity index is 813. The number of para-hydroxylation sites is 1. The second-order valence-electron chi connectivity index (χ2n) is 6.27. The average Bonchev–Trinajstić information content (AvgIpc) is 2.76. The summed E-state index contributed by atoms with van der Waals surface area (Å²) in [5.41, 5.74) is 1.94. The number of rotatable bonds is 12. The number of benzene rings is 2. The Morgan fingerprint density at radius 2 is 1.55 bits per heavy atom. The maximum absolute atomic E-state index is 11.7. The average molecular weight is 394 g/mol. The molecule has 1 atom stereocenters. The van der Waals surface area contributed by atoms with Crippen LogP contribution in [0, 0.1) is 0 Å². The molecule has 0 saturated carbocycles. The van der Waals surface area contributed by atoms with Gasteiger partial charge >= 0.3 is 11.9 Å². The SMILES string of the molecule is C=CC(=O)OCCCCCC(OC(=O)C=C)Oc1ccccc1-c1ccccc1. The van der Waals surface area contributed by atoms with Crippen molar-refractivity contribution < 1.29 is 23.8 Å². The fraction of sp³-hybridized carbons (Fsp3) is 0.250. The minimum atomic E-state index is -0.735. The quantitative estimate of drug-likeness (QED) is 0.217. The molecule has 152 valence electrons. The van der Waals surface area contributed by atoms with Crippen LogP contribution < -0.4 is 4.74 Å². The molecule has 0 amide bonds. The van der Waals surface area contributed by atoms with Crippen molar-refractivity contribution in [2.75, 3.05) is 6.61 Å². The first-order chi connectivity index (χ1) is 14.1. The molecule has 0 heterocycles. The van der Waals surface area contributed by atoms with E-state index in [1.807, 2.05) is 54.6 Å². The third kappa shape index (κ3) is 7.66. The van der Waals surface area contributed by atoms with Gasteiger partial charge in [0.2, 0.25) is 6.29 Å². The Morgan fingerprint density at radius 3 is 2.28 bits per heavy atom. The fourth-order valence-electron chi connectivity index (χ4n) is 2.71. The summed E-state index contributed by atoms with van der Waals surface area (Å²) < 4.78 is 16.4. The maximum Gasteiger partial charge on any atom is 0.333 e. The van der Waals surface area contributed by atoms with E-state index in [9.17, 15) is 9.59 Å². The zero-order valence-electron chi connectivity index (χ0n) is 16.4. The van der Waals surface area contributed by atoms with E-state index in [0.29, 0.717) is 25.2 Å². The molecule has 0 saturated heterocycles. The van der Waals surface area contributed by atoms with Gasteiger partial charge in [-0.2, -0.15) is 0 Å². The number of unbranched alkanes of at least 4 members (excludes halogenated alkanes) is 2. The smallest absolute Gasteiger partial charge is 0.333 e. The van der Waals surface area contributed by atoms with Gasteiger partial charge in [-0.1, -0.05) is 61.7 Å². The van der Waals surface area contributed by atoms with Crippen LogP contribution in [0.3, 0.4) is 0 Å². The van der Waals surface area contributed by atoms with Crippen LogP contribution in [0.2, 0.25) is 0 Å². The predicted molar refractivity (Wildman–Crippen MR) is 112 cm³/mol. The minimum Gasteiger partial charge on any atom is -0.463 e. The van der Waals surface area contributed by atoms with E-state index in [0.717, 1.165) is 36.1 Å². The molecule has 29 heavy (non-hydrogen) atoms. The van der Waals surface area contributed by atoms with Gasteiger partial charge in [0.1, 0.15) is 5.75 Å². The van der Waals surface area contributed by atoms with Crippen molar-refractivity contribution in [1.29, 1.82) is 0 Å². The van der Waals surface area contributed by atoms with Crippen LogP contribution in [0.15, 0.2) is 79.9 Å². The Kier molecular flexibility index (Phi) is 9.22. The van der Waals surface area contributed by atoms with Crippen LogP contribution in [0.25, 0.3) is 11.1 Å². The van der Waals surface area contributed by atoms with Gasteiger partial charge < -0.3 is 14.2 Å². The number of carbonyl (C=O) groups excluding carboxylic acids is 2. The molecular weight excluding hydrogens is 368 g/mol. The van der Waals surface area contributed by atoms with Crippen molar-refractivity contribution in [1.82, 2.24) is 0 Å². The van der Waals surface area contributed by atoms with Crippen molar-refractivity contribution >= 4 is 11.9 Å². The molecular formula is C24H26O5. The van der Waals surface area contributed by atoms with Gasteiger partial charge in [-0.05, 0) is 30.9 Å². The van der Waals surface area contributed by atoms with Crippen molar-refractivity contribution in [2.45, 2.75) is 32.0 Å². The normalized spacial score (nSPS) is 11.2. The van der Waals surface area contributed by atoms with Gasteiger partial charge in [-0.25, -0.2) is 9.59 Å². The van der Waals surface area contributed by atoms with Crippen LogP contribution in [0.4, 0.5) is 0 Å². The summed E-state index contributed by atoms with van der Waals surface area (Å²) in [7, 11) is 0. The molecule has 0 radical (unpaired) electrons. The van der Waals surface area contributed by atoms with Crippen molar-refractivity contribution in [3.8, 4) is 16.9 Å². The Morgan fingerprint density at radius 1 is 0.862 bits per heavy atom. The lowest BCUT2D eigenvalue weighted by Crippen LogP contribution is -2.23. The molecule has 0 aliphatic heterocycles. The monoisotopic (exact) mass is 394 g/mol. The van der Waals surface area contributed by atoms with Crippen LogP contribution in [0.5, 0.6) is 5.75 Å². The Balaban J connectivity index is 1.98. The first-order valence-electron chi connectivity index (χ1n) is 9.57. The molecule has 2 rings (SSSR count).